The average Bonchev–Trinajstić information content (AvgIpc) is 2.47. The summed E-state index contributed by atoms with van der Waals surface area (Å²) in [6.45, 7) is 0. The Morgan fingerprint density at radius 1 is 1.06 bits per heavy atom. The first-order chi connectivity index (χ1) is 7.70. The van der Waals surface area contributed by atoms with Crippen LogP contribution in [-0.4, -0.2) is 10.7 Å². The minimum Gasteiger partial charge on any atom is -0.390 e. The Bertz CT molecular complexity index is 340. The van der Waals surface area contributed by atoms with Crippen LogP contribution < -0.4 is 0 Å². The van der Waals surface area contributed by atoms with Gasteiger partial charge in [-0.25, -0.2) is 0 Å². The molecule has 1 saturated carbocycles. The van der Waals surface area contributed by atoms with Crippen molar-refractivity contribution in [1.29, 1.82) is 0 Å². The molecule has 2 rings (SSSR count). The Labute approximate surface area is 102 Å². The summed E-state index contributed by atoms with van der Waals surface area (Å²) >= 11 is 6.14. The maximum atomic E-state index is 10.6. The third-order valence-corrected chi connectivity index (χ3v) is 3.88. The van der Waals surface area contributed by atoms with Crippen LogP contribution in [0, 0.1) is 0 Å². The highest BCUT2D eigenvalue weighted by atomic mass is 35.5. The molecule has 0 atom stereocenters. The van der Waals surface area contributed by atoms with E-state index in [-0.39, 0.29) is 0 Å². The lowest BCUT2D eigenvalue weighted by molar-refractivity contribution is 0.0253. The molecule has 0 radical (unpaired) electrons. The molecule has 2 heteroatoms. The molecule has 0 unspecified atom stereocenters. The summed E-state index contributed by atoms with van der Waals surface area (Å²) in [6, 6.07) is 7.84. The van der Waals surface area contributed by atoms with Gasteiger partial charge >= 0.3 is 0 Å². The van der Waals surface area contributed by atoms with Gasteiger partial charge in [0.25, 0.3) is 0 Å². The fourth-order valence-electron chi connectivity index (χ4n) is 2.56. The van der Waals surface area contributed by atoms with Gasteiger partial charge < -0.3 is 5.11 Å². The van der Waals surface area contributed by atoms with Gasteiger partial charge in [0.05, 0.1) is 5.60 Å². The number of aliphatic hydroxyl groups is 1. The van der Waals surface area contributed by atoms with Gasteiger partial charge in [-0.15, -0.1) is 0 Å². The minimum absolute atomic E-state index is 0.526. The van der Waals surface area contributed by atoms with Crippen LogP contribution >= 0.6 is 11.6 Å². The number of hydrogen-bond acceptors (Lipinski definition) is 1. The fourth-order valence-corrected chi connectivity index (χ4v) is 2.76. The number of rotatable bonds is 2. The highest BCUT2D eigenvalue weighted by Crippen LogP contribution is 2.31. The van der Waals surface area contributed by atoms with E-state index in [9.17, 15) is 5.11 Å². The van der Waals surface area contributed by atoms with Gasteiger partial charge in [0.15, 0.2) is 0 Å². The summed E-state index contributed by atoms with van der Waals surface area (Å²) in [6.07, 6.45) is 7.32. The quantitative estimate of drug-likeness (QED) is 0.773. The van der Waals surface area contributed by atoms with Crippen molar-refractivity contribution < 1.29 is 5.11 Å². The Hall–Kier alpha value is -0.530. The molecular formula is C14H19ClO. The highest BCUT2D eigenvalue weighted by molar-refractivity contribution is 6.31. The maximum Gasteiger partial charge on any atom is 0.0688 e. The van der Waals surface area contributed by atoms with Crippen LogP contribution in [0.4, 0.5) is 0 Å². The van der Waals surface area contributed by atoms with Crippen LogP contribution in [0.25, 0.3) is 0 Å². The zero-order valence-corrected chi connectivity index (χ0v) is 10.3. The van der Waals surface area contributed by atoms with E-state index in [4.69, 9.17) is 11.6 Å². The Kier molecular flexibility index (Phi) is 3.88. The van der Waals surface area contributed by atoms with Crippen molar-refractivity contribution in [3.63, 3.8) is 0 Å². The first-order valence-corrected chi connectivity index (χ1v) is 6.53. The molecule has 0 heterocycles. The van der Waals surface area contributed by atoms with E-state index in [1.807, 2.05) is 24.3 Å². The minimum atomic E-state index is -0.526. The van der Waals surface area contributed by atoms with Crippen LogP contribution in [0.2, 0.25) is 5.02 Å². The largest absolute Gasteiger partial charge is 0.390 e. The first-order valence-electron chi connectivity index (χ1n) is 6.15. The SMILES string of the molecule is OC1(Cc2ccccc2Cl)CCCCCC1. The zero-order valence-electron chi connectivity index (χ0n) is 9.58. The zero-order chi connectivity index (χ0) is 11.4. The lowest BCUT2D eigenvalue weighted by atomic mass is 9.87. The van der Waals surface area contributed by atoms with E-state index in [0.29, 0.717) is 6.42 Å². The third kappa shape index (κ3) is 2.99. The topological polar surface area (TPSA) is 20.2 Å². The molecule has 1 nitrogen and oxygen atoms in total. The first kappa shape index (κ1) is 11.9. The molecule has 1 aliphatic rings. The molecule has 0 saturated heterocycles. The second-order valence-corrected chi connectivity index (χ2v) is 5.31. The molecule has 1 fully saturated rings. The van der Waals surface area contributed by atoms with E-state index in [2.05, 4.69) is 0 Å². The summed E-state index contributed by atoms with van der Waals surface area (Å²) in [4.78, 5) is 0. The molecule has 16 heavy (non-hydrogen) atoms. The van der Waals surface area contributed by atoms with Crippen molar-refractivity contribution in [2.75, 3.05) is 0 Å². The van der Waals surface area contributed by atoms with Gasteiger partial charge in [-0.1, -0.05) is 55.5 Å². The average molecular weight is 239 g/mol. The Morgan fingerprint density at radius 2 is 1.69 bits per heavy atom. The van der Waals surface area contributed by atoms with Gasteiger partial charge in [-0.3, -0.25) is 0 Å². The molecule has 0 bridgehead atoms. The number of halogens is 1. The summed E-state index contributed by atoms with van der Waals surface area (Å²) < 4.78 is 0. The van der Waals surface area contributed by atoms with E-state index in [1.165, 1.54) is 12.8 Å². The number of hydrogen-bond donors (Lipinski definition) is 1. The van der Waals surface area contributed by atoms with Crippen molar-refractivity contribution in [1.82, 2.24) is 0 Å². The van der Waals surface area contributed by atoms with Crippen molar-refractivity contribution in [3.05, 3.63) is 34.9 Å². The molecule has 1 aromatic carbocycles. The predicted molar refractivity (Wildman–Crippen MR) is 67.8 cm³/mol. The summed E-state index contributed by atoms with van der Waals surface area (Å²) in [5.74, 6) is 0. The molecule has 1 aliphatic carbocycles. The highest BCUT2D eigenvalue weighted by Gasteiger charge is 2.28. The van der Waals surface area contributed by atoms with Gasteiger partial charge in [0.2, 0.25) is 0 Å². The Morgan fingerprint density at radius 3 is 2.31 bits per heavy atom. The second-order valence-electron chi connectivity index (χ2n) is 4.91. The summed E-state index contributed by atoms with van der Waals surface area (Å²) in [5.41, 5.74) is 0.551. The van der Waals surface area contributed by atoms with Gasteiger partial charge in [-0.05, 0) is 24.5 Å². The number of benzene rings is 1. The molecule has 0 amide bonds. The van der Waals surface area contributed by atoms with Crippen molar-refractivity contribution in [3.8, 4) is 0 Å². The molecule has 1 aromatic rings. The van der Waals surface area contributed by atoms with Gasteiger partial charge in [0.1, 0.15) is 0 Å². The fraction of sp³-hybridized carbons (Fsp3) is 0.571. The van der Waals surface area contributed by atoms with Crippen molar-refractivity contribution >= 4 is 11.6 Å². The Balaban J connectivity index is 2.10. The van der Waals surface area contributed by atoms with Crippen LogP contribution in [-0.2, 0) is 6.42 Å². The molecule has 0 spiro atoms. The standard InChI is InChI=1S/C14H19ClO/c15-13-8-4-3-7-12(13)11-14(16)9-5-1-2-6-10-14/h3-4,7-8,16H,1-2,5-6,9-11H2. The lowest BCUT2D eigenvalue weighted by Gasteiger charge is -2.27. The smallest absolute Gasteiger partial charge is 0.0688 e. The van der Waals surface area contributed by atoms with Crippen LogP contribution in [0.1, 0.15) is 44.1 Å². The van der Waals surface area contributed by atoms with E-state index >= 15 is 0 Å². The van der Waals surface area contributed by atoms with Gasteiger partial charge in [-0.2, -0.15) is 0 Å². The molecule has 0 aliphatic heterocycles. The van der Waals surface area contributed by atoms with E-state index in [1.54, 1.807) is 0 Å². The van der Waals surface area contributed by atoms with Gasteiger partial charge in [0, 0.05) is 11.4 Å². The third-order valence-electron chi connectivity index (χ3n) is 3.51. The molecule has 1 N–H and O–H groups in total. The lowest BCUT2D eigenvalue weighted by Crippen LogP contribution is -2.30. The monoisotopic (exact) mass is 238 g/mol. The van der Waals surface area contributed by atoms with Crippen LogP contribution in [0.15, 0.2) is 24.3 Å². The summed E-state index contributed by atoms with van der Waals surface area (Å²) in [7, 11) is 0. The normalized spacial score (nSPS) is 20.4. The van der Waals surface area contributed by atoms with Crippen LogP contribution in [0.5, 0.6) is 0 Å². The summed E-state index contributed by atoms with van der Waals surface area (Å²) in [5, 5.41) is 11.3. The van der Waals surface area contributed by atoms with E-state index < -0.39 is 5.60 Å². The maximum absolute atomic E-state index is 10.6. The molecular weight excluding hydrogens is 220 g/mol. The van der Waals surface area contributed by atoms with Crippen LogP contribution in [0.3, 0.4) is 0 Å². The molecule has 0 aromatic heterocycles. The van der Waals surface area contributed by atoms with E-state index in [0.717, 1.165) is 36.3 Å². The van der Waals surface area contributed by atoms with Crippen molar-refractivity contribution in [2.45, 2.75) is 50.5 Å². The predicted octanol–water partition coefficient (Wildman–Crippen LogP) is 3.97. The second kappa shape index (κ2) is 5.20. The molecule has 88 valence electrons. The van der Waals surface area contributed by atoms with Crippen molar-refractivity contribution in [2.24, 2.45) is 0 Å².